The molecule has 0 bridgehead atoms. The van der Waals surface area contributed by atoms with E-state index < -0.39 is 6.04 Å². The van der Waals surface area contributed by atoms with Gasteiger partial charge < -0.3 is 24.6 Å². The van der Waals surface area contributed by atoms with Gasteiger partial charge in [0.25, 0.3) is 0 Å². The smallest absolute Gasteiger partial charge is 0.245 e. The number of anilines is 1. The van der Waals surface area contributed by atoms with Crippen LogP contribution in [0.5, 0.6) is 0 Å². The van der Waals surface area contributed by atoms with Crippen molar-refractivity contribution in [3.63, 3.8) is 0 Å². The number of nitrogens with zero attached hydrogens (tertiary/aromatic N) is 7. The van der Waals surface area contributed by atoms with Gasteiger partial charge in [-0.25, -0.2) is 24.9 Å². The molecule has 4 rings (SSSR count). The van der Waals surface area contributed by atoms with Crippen LogP contribution in [0.15, 0.2) is 18.7 Å². The Morgan fingerprint density at radius 1 is 1.28 bits per heavy atom. The van der Waals surface area contributed by atoms with Crippen LogP contribution in [0.2, 0.25) is 0 Å². The number of rotatable bonds is 7. The molecule has 0 spiro atoms. The zero-order valence-corrected chi connectivity index (χ0v) is 18.5. The number of carbonyl (C=O) groups excluding carboxylic acids is 1. The Morgan fingerprint density at radius 2 is 2.06 bits per heavy atom. The summed E-state index contributed by atoms with van der Waals surface area (Å²) >= 11 is 0. The maximum atomic E-state index is 13.2. The summed E-state index contributed by atoms with van der Waals surface area (Å²) in [6.45, 7) is 7.53. The average Bonchev–Trinajstić information content (AvgIpc) is 3.22. The second-order valence-electron chi connectivity index (χ2n) is 7.64. The van der Waals surface area contributed by atoms with E-state index in [1.165, 1.54) is 6.33 Å². The molecule has 0 radical (unpaired) electrons. The van der Waals surface area contributed by atoms with E-state index in [2.05, 4.69) is 25.3 Å². The first kappa shape index (κ1) is 22.0. The number of aliphatic hydroxyl groups excluding tert-OH is 1. The molecule has 1 amide bonds. The van der Waals surface area contributed by atoms with E-state index >= 15 is 0 Å². The monoisotopic (exact) mass is 440 g/mol. The molecule has 0 unspecified atom stereocenters. The Morgan fingerprint density at radius 3 is 2.75 bits per heavy atom. The van der Waals surface area contributed by atoms with Crippen LogP contribution in [0.4, 0.5) is 5.82 Å². The van der Waals surface area contributed by atoms with Gasteiger partial charge >= 0.3 is 0 Å². The van der Waals surface area contributed by atoms with E-state index in [1.54, 1.807) is 17.3 Å². The zero-order valence-electron chi connectivity index (χ0n) is 18.5. The van der Waals surface area contributed by atoms with E-state index in [4.69, 9.17) is 9.72 Å². The van der Waals surface area contributed by atoms with E-state index in [1.807, 2.05) is 25.3 Å². The number of morpholine rings is 1. The van der Waals surface area contributed by atoms with Crippen molar-refractivity contribution >= 4 is 22.9 Å². The standard InChI is InChI=1S/C21H28N8O3/c1-4-16(21(31)29-6-7-32-11-15(29)10-30)26-18-17-20(25-12-24-18)28(5-2)19(27-17)14-8-22-13(3)23-9-14/h8-9,12,15-16,30H,4-7,10-11H2,1-3H3,(H,24,25,26)/t15-,16-/m0/s1. The minimum absolute atomic E-state index is 0.0938. The van der Waals surface area contributed by atoms with Gasteiger partial charge in [-0.15, -0.1) is 0 Å². The van der Waals surface area contributed by atoms with Crippen molar-refractivity contribution in [1.29, 1.82) is 0 Å². The van der Waals surface area contributed by atoms with Crippen molar-refractivity contribution in [1.82, 2.24) is 34.4 Å². The van der Waals surface area contributed by atoms with Gasteiger partial charge in [0, 0.05) is 25.5 Å². The van der Waals surface area contributed by atoms with Crippen LogP contribution in [0.3, 0.4) is 0 Å². The number of carbonyl (C=O) groups is 1. The summed E-state index contributed by atoms with van der Waals surface area (Å²) in [7, 11) is 0. The number of aromatic nitrogens is 6. The molecular weight excluding hydrogens is 412 g/mol. The number of aliphatic hydroxyl groups is 1. The maximum Gasteiger partial charge on any atom is 0.245 e. The lowest BCUT2D eigenvalue weighted by atomic mass is 10.1. The highest BCUT2D eigenvalue weighted by Gasteiger charge is 2.31. The number of ether oxygens (including phenoxy) is 1. The second kappa shape index (κ2) is 9.53. The van der Waals surface area contributed by atoms with E-state index in [9.17, 15) is 9.90 Å². The molecule has 170 valence electrons. The Bertz CT molecular complexity index is 1080. The van der Waals surface area contributed by atoms with Gasteiger partial charge in [0.1, 0.15) is 24.0 Å². The van der Waals surface area contributed by atoms with Crippen LogP contribution < -0.4 is 5.32 Å². The first-order valence-corrected chi connectivity index (χ1v) is 10.8. The zero-order chi connectivity index (χ0) is 22.7. The molecular formula is C21H28N8O3. The Kier molecular flexibility index (Phi) is 6.56. The largest absolute Gasteiger partial charge is 0.394 e. The SMILES string of the molecule is CC[C@H](Nc1ncnc2c1nc(-c1cnc(C)nc1)n2CC)C(=O)N1CCOC[C@@H]1CO. The van der Waals surface area contributed by atoms with Crippen molar-refractivity contribution < 1.29 is 14.6 Å². The minimum Gasteiger partial charge on any atom is -0.394 e. The van der Waals surface area contributed by atoms with Gasteiger partial charge in [-0.3, -0.25) is 4.79 Å². The van der Waals surface area contributed by atoms with E-state index in [0.717, 1.165) is 5.56 Å². The molecule has 3 aromatic rings. The number of fused-ring (bicyclic) bond motifs is 1. The maximum absolute atomic E-state index is 13.2. The second-order valence-corrected chi connectivity index (χ2v) is 7.64. The van der Waals surface area contributed by atoms with Crippen molar-refractivity contribution in [2.75, 3.05) is 31.7 Å². The molecule has 11 nitrogen and oxygen atoms in total. The van der Waals surface area contributed by atoms with Crippen LogP contribution in [0.1, 0.15) is 26.1 Å². The summed E-state index contributed by atoms with van der Waals surface area (Å²) in [4.78, 5) is 37.1. The number of hydrogen-bond acceptors (Lipinski definition) is 9. The predicted octanol–water partition coefficient (Wildman–Crippen LogP) is 1.02. The number of imidazole rings is 1. The third-order valence-electron chi connectivity index (χ3n) is 5.63. The topological polar surface area (TPSA) is 131 Å². The minimum atomic E-state index is -0.516. The van der Waals surface area contributed by atoms with Crippen LogP contribution in [-0.4, -0.2) is 83.8 Å². The fourth-order valence-electron chi connectivity index (χ4n) is 3.87. The van der Waals surface area contributed by atoms with Crippen molar-refractivity contribution in [2.24, 2.45) is 0 Å². The highest BCUT2D eigenvalue weighted by molar-refractivity contribution is 5.90. The fraction of sp³-hybridized carbons (Fsp3) is 0.524. The summed E-state index contributed by atoms with van der Waals surface area (Å²) in [6.07, 6.45) is 5.49. The first-order chi connectivity index (χ1) is 15.6. The number of aryl methyl sites for hydroxylation is 2. The molecule has 1 saturated heterocycles. The molecule has 0 aromatic carbocycles. The molecule has 1 aliphatic heterocycles. The molecule has 2 atom stereocenters. The quantitative estimate of drug-likeness (QED) is 0.553. The Balaban J connectivity index is 1.68. The van der Waals surface area contributed by atoms with Crippen LogP contribution in [0, 0.1) is 6.92 Å². The van der Waals surface area contributed by atoms with Crippen molar-refractivity contribution in [2.45, 2.75) is 45.8 Å². The normalized spacial score (nSPS) is 17.5. The van der Waals surface area contributed by atoms with Crippen molar-refractivity contribution in [3.8, 4) is 11.4 Å². The average molecular weight is 441 g/mol. The molecule has 11 heteroatoms. The molecule has 0 aliphatic carbocycles. The van der Waals surface area contributed by atoms with Gasteiger partial charge in [-0.05, 0) is 20.3 Å². The summed E-state index contributed by atoms with van der Waals surface area (Å²) < 4.78 is 7.38. The van der Waals surface area contributed by atoms with Crippen LogP contribution in [-0.2, 0) is 16.1 Å². The molecule has 1 fully saturated rings. The molecule has 3 aromatic heterocycles. The fourth-order valence-corrected chi connectivity index (χ4v) is 3.87. The van der Waals surface area contributed by atoms with E-state index in [0.29, 0.717) is 61.4 Å². The molecule has 4 heterocycles. The summed E-state index contributed by atoms with van der Waals surface area (Å²) in [5.74, 6) is 1.77. The third-order valence-corrected chi connectivity index (χ3v) is 5.63. The lowest BCUT2D eigenvalue weighted by Gasteiger charge is -2.36. The Hall–Kier alpha value is -3.18. The lowest BCUT2D eigenvalue weighted by molar-refractivity contribution is -0.142. The molecule has 1 aliphatic rings. The molecule has 0 saturated carbocycles. The van der Waals surface area contributed by atoms with Gasteiger partial charge in [0.15, 0.2) is 17.0 Å². The first-order valence-electron chi connectivity index (χ1n) is 10.8. The van der Waals surface area contributed by atoms with Gasteiger partial charge in [0.05, 0.1) is 31.4 Å². The number of nitrogens with one attached hydrogen (secondary N) is 1. The van der Waals surface area contributed by atoms with Crippen LogP contribution in [0.25, 0.3) is 22.6 Å². The van der Waals surface area contributed by atoms with Crippen LogP contribution >= 0.6 is 0 Å². The van der Waals surface area contributed by atoms with Gasteiger partial charge in [0.2, 0.25) is 5.91 Å². The van der Waals surface area contributed by atoms with E-state index in [-0.39, 0.29) is 18.6 Å². The highest BCUT2D eigenvalue weighted by Crippen LogP contribution is 2.27. The lowest BCUT2D eigenvalue weighted by Crippen LogP contribution is -2.54. The number of amides is 1. The Labute approximate surface area is 185 Å². The predicted molar refractivity (Wildman–Crippen MR) is 118 cm³/mol. The summed E-state index contributed by atoms with van der Waals surface area (Å²) in [5, 5.41) is 12.9. The van der Waals surface area contributed by atoms with Gasteiger partial charge in [-0.1, -0.05) is 6.92 Å². The summed E-state index contributed by atoms with van der Waals surface area (Å²) in [6, 6.07) is -0.858. The third kappa shape index (κ3) is 4.13. The number of hydrogen-bond donors (Lipinski definition) is 2. The summed E-state index contributed by atoms with van der Waals surface area (Å²) in [5.41, 5.74) is 2.03. The highest BCUT2D eigenvalue weighted by atomic mass is 16.5. The van der Waals surface area contributed by atoms with Gasteiger partial charge in [-0.2, -0.15) is 0 Å². The molecule has 32 heavy (non-hydrogen) atoms. The molecule has 2 N–H and O–H groups in total. The van der Waals surface area contributed by atoms with Crippen molar-refractivity contribution in [3.05, 3.63) is 24.5 Å².